The minimum absolute atomic E-state index is 0.993. The van der Waals surface area contributed by atoms with Gasteiger partial charge in [0.2, 0.25) is 0 Å². The molecule has 0 spiro atoms. The van der Waals surface area contributed by atoms with Crippen molar-refractivity contribution in [2.24, 2.45) is 0 Å². The standard InChI is InChI=1S/C51H47N3/c1-3-13-27-48-42(23-11-1)44-25-15-17-29-50(44)53(48)40-31-38(39-33-46(36-19-7-5-8-20-36)52-47(34-39)37-21-9-6-10-22-37)32-41(35-40)54-49-28-14-4-2-12-24-43(49)45-26-16-18-30-51(45)54/h5-10,15-22,25-26,29-35H,1-4,11-14,23-24,27-28H2. The van der Waals surface area contributed by atoms with Crippen LogP contribution in [-0.2, 0) is 25.7 Å². The van der Waals surface area contributed by atoms with E-state index in [0.717, 1.165) is 48.2 Å². The lowest BCUT2D eigenvalue weighted by atomic mass is 9.96. The van der Waals surface area contributed by atoms with E-state index in [1.807, 2.05) is 0 Å². The zero-order valence-electron chi connectivity index (χ0n) is 31.1. The number of benzene rings is 5. The van der Waals surface area contributed by atoms with Gasteiger partial charge in [0.05, 0.1) is 22.4 Å². The Balaban J connectivity index is 1.28. The Kier molecular flexibility index (Phi) is 8.71. The second kappa shape index (κ2) is 14.3. The molecule has 0 N–H and O–H groups in total. The van der Waals surface area contributed by atoms with Gasteiger partial charge in [-0.15, -0.1) is 0 Å². The van der Waals surface area contributed by atoms with Crippen molar-refractivity contribution in [1.29, 1.82) is 0 Å². The Labute approximate surface area is 319 Å². The van der Waals surface area contributed by atoms with Crippen molar-refractivity contribution in [2.45, 2.75) is 77.0 Å². The van der Waals surface area contributed by atoms with E-state index in [0.29, 0.717) is 0 Å². The molecule has 0 radical (unpaired) electrons. The van der Waals surface area contributed by atoms with Gasteiger partial charge in [-0.1, -0.05) is 123 Å². The summed E-state index contributed by atoms with van der Waals surface area (Å²) >= 11 is 0. The van der Waals surface area contributed by atoms with Crippen LogP contribution in [-0.4, -0.2) is 14.1 Å². The maximum Gasteiger partial charge on any atom is 0.0715 e. The average molecular weight is 702 g/mol. The zero-order valence-corrected chi connectivity index (χ0v) is 31.1. The largest absolute Gasteiger partial charge is 0.313 e. The molecule has 0 saturated carbocycles. The van der Waals surface area contributed by atoms with E-state index in [1.165, 1.54) is 107 Å². The van der Waals surface area contributed by atoms with Gasteiger partial charge in [0.1, 0.15) is 0 Å². The van der Waals surface area contributed by atoms with Crippen LogP contribution in [0.5, 0.6) is 0 Å². The molecule has 0 fully saturated rings. The molecule has 3 nitrogen and oxygen atoms in total. The summed E-state index contributed by atoms with van der Waals surface area (Å²) in [7, 11) is 0. The average Bonchev–Trinajstić information content (AvgIpc) is 3.68. The molecule has 8 aromatic rings. The Morgan fingerprint density at radius 2 is 0.759 bits per heavy atom. The molecule has 3 heteroatoms. The van der Waals surface area contributed by atoms with Crippen LogP contribution in [0.3, 0.4) is 0 Å². The number of hydrogen-bond acceptors (Lipinski definition) is 1. The van der Waals surface area contributed by atoms with Crippen LogP contribution < -0.4 is 0 Å². The van der Waals surface area contributed by atoms with Crippen LogP contribution >= 0.6 is 0 Å². The third-order valence-corrected chi connectivity index (χ3v) is 12.1. The lowest BCUT2D eigenvalue weighted by molar-refractivity contribution is 0.608. The van der Waals surface area contributed by atoms with Gasteiger partial charge in [-0.05, 0) is 116 Å². The number of aromatic nitrogens is 3. The highest BCUT2D eigenvalue weighted by Crippen LogP contribution is 2.40. The van der Waals surface area contributed by atoms with E-state index < -0.39 is 0 Å². The van der Waals surface area contributed by atoms with Crippen molar-refractivity contribution in [1.82, 2.24) is 14.1 Å². The van der Waals surface area contributed by atoms with Gasteiger partial charge in [0.15, 0.2) is 0 Å². The summed E-state index contributed by atoms with van der Waals surface area (Å²) in [6, 6.07) is 51.7. The fourth-order valence-corrected chi connectivity index (χ4v) is 9.52. The predicted molar refractivity (Wildman–Crippen MR) is 226 cm³/mol. The van der Waals surface area contributed by atoms with E-state index in [1.54, 1.807) is 11.1 Å². The smallest absolute Gasteiger partial charge is 0.0715 e. The number of pyridine rings is 1. The van der Waals surface area contributed by atoms with Crippen LogP contribution in [0.4, 0.5) is 0 Å². The number of aryl methyl sites for hydroxylation is 2. The van der Waals surface area contributed by atoms with Crippen LogP contribution in [0.2, 0.25) is 0 Å². The van der Waals surface area contributed by atoms with Gasteiger partial charge in [-0.2, -0.15) is 0 Å². The van der Waals surface area contributed by atoms with Crippen LogP contribution in [0, 0.1) is 0 Å². The first-order valence-electron chi connectivity index (χ1n) is 20.3. The first kappa shape index (κ1) is 32.9. The summed E-state index contributed by atoms with van der Waals surface area (Å²) < 4.78 is 5.27. The minimum atomic E-state index is 0.993. The van der Waals surface area contributed by atoms with Crippen molar-refractivity contribution in [3.05, 3.63) is 162 Å². The predicted octanol–water partition coefficient (Wildman–Crippen LogP) is 13.3. The topological polar surface area (TPSA) is 22.8 Å². The number of para-hydroxylation sites is 2. The molecule has 2 aliphatic rings. The van der Waals surface area contributed by atoms with Crippen LogP contribution in [0.25, 0.3) is 66.8 Å². The molecule has 0 saturated heterocycles. The quantitative estimate of drug-likeness (QED) is 0.175. The second-order valence-corrected chi connectivity index (χ2v) is 15.5. The molecule has 0 amide bonds. The van der Waals surface area contributed by atoms with E-state index in [2.05, 4.69) is 149 Å². The summed E-state index contributed by atoms with van der Waals surface area (Å²) in [6.45, 7) is 0. The highest BCUT2D eigenvalue weighted by atomic mass is 15.0. The Morgan fingerprint density at radius 1 is 0.352 bits per heavy atom. The lowest BCUT2D eigenvalue weighted by Gasteiger charge is -2.20. The molecule has 0 unspecified atom stereocenters. The first-order valence-corrected chi connectivity index (χ1v) is 20.3. The van der Waals surface area contributed by atoms with Crippen molar-refractivity contribution in [3.63, 3.8) is 0 Å². The third kappa shape index (κ3) is 5.97. The van der Waals surface area contributed by atoms with Gasteiger partial charge in [-0.3, -0.25) is 0 Å². The molecule has 10 rings (SSSR count). The minimum Gasteiger partial charge on any atom is -0.313 e. The first-order chi connectivity index (χ1) is 26.8. The monoisotopic (exact) mass is 701 g/mol. The molecule has 54 heavy (non-hydrogen) atoms. The van der Waals surface area contributed by atoms with Crippen molar-refractivity contribution in [2.75, 3.05) is 0 Å². The van der Waals surface area contributed by atoms with Gasteiger partial charge in [-0.25, -0.2) is 4.98 Å². The van der Waals surface area contributed by atoms with Crippen molar-refractivity contribution < 1.29 is 0 Å². The molecule has 0 atom stereocenters. The zero-order chi connectivity index (χ0) is 35.8. The van der Waals surface area contributed by atoms with Gasteiger partial charge < -0.3 is 9.13 Å². The van der Waals surface area contributed by atoms with E-state index >= 15 is 0 Å². The summed E-state index contributed by atoms with van der Waals surface area (Å²) in [6.07, 6.45) is 14.7. The Morgan fingerprint density at radius 3 is 1.24 bits per heavy atom. The SMILES string of the molecule is c1ccc(-c2cc(-c3cc(-n4c5c(c6ccccc64)CCCCCC5)cc(-n4c5c(c6ccccc64)CCCCCC5)c3)cc(-c3ccccc3)n2)cc1. The van der Waals surface area contributed by atoms with Crippen molar-refractivity contribution >= 4 is 21.8 Å². The number of hydrogen-bond donors (Lipinski definition) is 0. The second-order valence-electron chi connectivity index (χ2n) is 15.5. The highest BCUT2D eigenvalue weighted by Gasteiger charge is 2.23. The summed E-state index contributed by atoms with van der Waals surface area (Å²) in [5.41, 5.74) is 17.9. The van der Waals surface area contributed by atoms with E-state index in [4.69, 9.17) is 4.98 Å². The molecular formula is C51H47N3. The van der Waals surface area contributed by atoms with Gasteiger partial charge in [0.25, 0.3) is 0 Å². The van der Waals surface area contributed by atoms with E-state index in [-0.39, 0.29) is 0 Å². The maximum atomic E-state index is 5.27. The molecule has 3 heterocycles. The number of fused-ring (bicyclic) bond motifs is 6. The van der Waals surface area contributed by atoms with Crippen LogP contribution in [0.1, 0.15) is 73.9 Å². The van der Waals surface area contributed by atoms with Gasteiger partial charge >= 0.3 is 0 Å². The lowest BCUT2D eigenvalue weighted by Crippen LogP contribution is -2.08. The fraction of sp³-hybridized carbons (Fsp3) is 0.235. The molecule has 0 bridgehead atoms. The molecule has 3 aromatic heterocycles. The molecule has 266 valence electrons. The third-order valence-electron chi connectivity index (χ3n) is 12.1. The van der Waals surface area contributed by atoms with Gasteiger partial charge in [0, 0.05) is 44.7 Å². The maximum absolute atomic E-state index is 5.27. The molecular weight excluding hydrogens is 655 g/mol. The number of rotatable bonds is 5. The van der Waals surface area contributed by atoms with E-state index in [9.17, 15) is 0 Å². The highest BCUT2D eigenvalue weighted by molar-refractivity contribution is 5.90. The Hall–Kier alpha value is -5.67. The number of nitrogens with zero attached hydrogens (tertiary/aromatic N) is 3. The summed E-state index contributed by atoms with van der Waals surface area (Å²) in [5.74, 6) is 0. The van der Waals surface area contributed by atoms with Crippen LogP contribution in [0.15, 0.2) is 140 Å². The Bertz CT molecular complexity index is 2430. The molecule has 5 aromatic carbocycles. The summed E-state index contributed by atoms with van der Waals surface area (Å²) in [5, 5.41) is 2.83. The fourth-order valence-electron chi connectivity index (χ4n) is 9.52. The summed E-state index contributed by atoms with van der Waals surface area (Å²) in [4.78, 5) is 5.27. The molecule has 0 aliphatic heterocycles. The normalized spacial score (nSPS) is 14.9. The van der Waals surface area contributed by atoms with Crippen molar-refractivity contribution in [3.8, 4) is 45.0 Å². The molecule has 2 aliphatic carbocycles.